The maximum absolute atomic E-state index is 11.6. The Bertz CT molecular complexity index is 630. The molecule has 1 aromatic heterocycles. The number of hydrogen-bond acceptors (Lipinski definition) is 4. The molecule has 0 aliphatic carbocycles. The van der Waals surface area contributed by atoms with Crippen molar-refractivity contribution < 1.29 is 9.21 Å². The number of hydrogen-bond donors (Lipinski definition) is 1. The van der Waals surface area contributed by atoms with Gasteiger partial charge in [0.05, 0.1) is 11.6 Å². The predicted molar refractivity (Wildman–Crippen MR) is 56.0 cm³/mol. The third kappa shape index (κ3) is 1.86. The minimum absolute atomic E-state index is 0.132. The van der Waals surface area contributed by atoms with E-state index in [1.54, 1.807) is 12.1 Å². The second-order valence-corrected chi connectivity index (χ2v) is 3.31. The normalized spacial score (nSPS) is 10.2. The average Bonchev–Trinajstić information content (AvgIpc) is 2.64. The second kappa shape index (κ2) is 4.03. The van der Waals surface area contributed by atoms with Crippen molar-refractivity contribution in [2.24, 2.45) is 0 Å². The molecule has 2 rings (SSSR count). The first-order chi connectivity index (χ1) is 7.70. The van der Waals surface area contributed by atoms with Crippen molar-refractivity contribution in [2.75, 3.05) is 0 Å². The van der Waals surface area contributed by atoms with Gasteiger partial charge < -0.3 is 4.42 Å². The standard InChI is InChI=1S/C11H8N2O3/c12-5-1-2-9(14)7-3-4-8-10(6-7)16-11(15)13-8/h3-4,6H,1-2H2,(H,13,15). The molecule has 0 radical (unpaired) electrons. The van der Waals surface area contributed by atoms with Crippen molar-refractivity contribution in [3.8, 4) is 6.07 Å². The van der Waals surface area contributed by atoms with E-state index in [1.807, 2.05) is 6.07 Å². The Morgan fingerprint density at radius 3 is 3.06 bits per heavy atom. The van der Waals surface area contributed by atoms with Gasteiger partial charge in [-0.3, -0.25) is 9.78 Å². The number of rotatable bonds is 3. The van der Waals surface area contributed by atoms with Crippen molar-refractivity contribution >= 4 is 16.9 Å². The van der Waals surface area contributed by atoms with Gasteiger partial charge in [-0.1, -0.05) is 0 Å². The van der Waals surface area contributed by atoms with E-state index in [0.717, 1.165) is 0 Å². The smallest absolute Gasteiger partial charge is 0.408 e. The lowest BCUT2D eigenvalue weighted by Crippen LogP contribution is -1.97. The van der Waals surface area contributed by atoms with E-state index in [-0.39, 0.29) is 18.6 Å². The van der Waals surface area contributed by atoms with Gasteiger partial charge in [0.15, 0.2) is 11.4 Å². The Labute approximate surface area is 90.3 Å². The van der Waals surface area contributed by atoms with Crippen molar-refractivity contribution in [3.05, 3.63) is 34.3 Å². The third-order valence-corrected chi connectivity index (χ3v) is 2.21. The molecule has 0 unspecified atom stereocenters. The van der Waals surface area contributed by atoms with Gasteiger partial charge >= 0.3 is 5.76 Å². The molecule has 80 valence electrons. The van der Waals surface area contributed by atoms with Crippen LogP contribution in [0.15, 0.2) is 27.4 Å². The third-order valence-electron chi connectivity index (χ3n) is 2.21. The van der Waals surface area contributed by atoms with Gasteiger partial charge in [-0.25, -0.2) is 4.79 Å². The van der Waals surface area contributed by atoms with Crippen LogP contribution in [0.1, 0.15) is 23.2 Å². The highest BCUT2D eigenvalue weighted by atomic mass is 16.4. The van der Waals surface area contributed by atoms with Gasteiger partial charge in [0.2, 0.25) is 0 Å². The minimum Gasteiger partial charge on any atom is -0.408 e. The molecule has 0 aliphatic rings. The van der Waals surface area contributed by atoms with Crippen LogP contribution in [0, 0.1) is 11.3 Å². The molecule has 0 spiro atoms. The van der Waals surface area contributed by atoms with Gasteiger partial charge in [0, 0.05) is 18.4 Å². The van der Waals surface area contributed by atoms with Crippen molar-refractivity contribution in [3.63, 3.8) is 0 Å². The number of nitriles is 1. The lowest BCUT2D eigenvalue weighted by Gasteiger charge is -1.96. The minimum atomic E-state index is -0.545. The van der Waals surface area contributed by atoms with Gasteiger partial charge in [-0.15, -0.1) is 0 Å². The summed E-state index contributed by atoms with van der Waals surface area (Å²) >= 11 is 0. The number of H-pyrrole nitrogens is 1. The number of aromatic amines is 1. The highest BCUT2D eigenvalue weighted by Crippen LogP contribution is 2.14. The number of benzene rings is 1. The van der Waals surface area contributed by atoms with E-state index >= 15 is 0 Å². The fourth-order valence-corrected chi connectivity index (χ4v) is 1.43. The first-order valence-electron chi connectivity index (χ1n) is 4.74. The number of fused-ring (bicyclic) bond motifs is 1. The van der Waals surface area contributed by atoms with E-state index in [4.69, 9.17) is 9.68 Å². The molecule has 5 heteroatoms. The predicted octanol–water partition coefficient (Wildman–Crippen LogP) is 1.61. The molecular weight excluding hydrogens is 208 g/mol. The van der Waals surface area contributed by atoms with E-state index in [9.17, 15) is 9.59 Å². The number of ketones is 1. The van der Waals surface area contributed by atoms with Crippen molar-refractivity contribution in [1.82, 2.24) is 4.98 Å². The summed E-state index contributed by atoms with van der Waals surface area (Å²) in [6, 6.07) is 6.63. The van der Waals surface area contributed by atoms with Gasteiger partial charge in [-0.2, -0.15) is 5.26 Å². The molecule has 0 fully saturated rings. The van der Waals surface area contributed by atoms with Gasteiger partial charge in [-0.05, 0) is 18.2 Å². The number of carbonyl (C=O) groups is 1. The fraction of sp³-hybridized carbons (Fsp3) is 0.182. The summed E-state index contributed by atoms with van der Waals surface area (Å²) in [7, 11) is 0. The molecule has 1 N–H and O–H groups in total. The molecule has 0 saturated heterocycles. The largest absolute Gasteiger partial charge is 0.417 e. The second-order valence-electron chi connectivity index (χ2n) is 3.31. The lowest BCUT2D eigenvalue weighted by atomic mass is 10.1. The zero-order chi connectivity index (χ0) is 11.5. The van der Waals surface area contributed by atoms with Crippen LogP contribution < -0.4 is 5.76 Å². The van der Waals surface area contributed by atoms with Gasteiger partial charge in [0.25, 0.3) is 0 Å². The Hall–Kier alpha value is -2.35. The topological polar surface area (TPSA) is 86.9 Å². The molecule has 0 bridgehead atoms. The summed E-state index contributed by atoms with van der Waals surface area (Å²) in [5.74, 6) is -0.677. The number of carbonyl (C=O) groups excluding carboxylic acids is 1. The quantitative estimate of drug-likeness (QED) is 0.789. The fourth-order valence-electron chi connectivity index (χ4n) is 1.43. The molecule has 1 heterocycles. The van der Waals surface area contributed by atoms with Crippen LogP contribution in [-0.2, 0) is 0 Å². The number of oxazole rings is 1. The molecule has 0 saturated carbocycles. The maximum Gasteiger partial charge on any atom is 0.417 e. The van der Waals surface area contributed by atoms with Crippen molar-refractivity contribution in [1.29, 1.82) is 5.26 Å². The molecule has 16 heavy (non-hydrogen) atoms. The van der Waals surface area contributed by atoms with Crippen LogP contribution in [0.25, 0.3) is 11.1 Å². The van der Waals surface area contributed by atoms with E-state index in [2.05, 4.69) is 4.98 Å². The van der Waals surface area contributed by atoms with Crippen molar-refractivity contribution in [2.45, 2.75) is 12.8 Å². The Morgan fingerprint density at radius 2 is 2.31 bits per heavy atom. The van der Waals surface area contributed by atoms with E-state index in [1.165, 1.54) is 6.07 Å². The SMILES string of the molecule is N#CCCC(=O)c1ccc2[nH]c(=O)oc2c1. The van der Waals surface area contributed by atoms with Crippen LogP contribution >= 0.6 is 0 Å². The number of aromatic nitrogens is 1. The number of Topliss-reactive ketones (excluding diaryl/α,β-unsaturated/α-hetero) is 1. The molecular formula is C11H8N2O3. The average molecular weight is 216 g/mol. The first-order valence-corrected chi connectivity index (χ1v) is 4.74. The number of nitrogens with one attached hydrogen (secondary N) is 1. The molecule has 0 aliphatic heterocycles. The first kappa shape index (κ1) is 10.2. The number of nitrogens with zero attached hydrogens (tertiary/aromatic N) is 1. The Kier molecular flexibility index (Phi) is 2.56. The summed E-state index contributed by atoms with van der Waals surface area (Å²) < 4.78 is 4.83. The van der Waals surface area contributed by atoms with Crippen LogP contribution in [0.5, 0.6) is 0 Å². The van der Waals surface area contributed by atoms with E-state index < -0.39 is 5.76 Å². The van der Waals surface area contributed by atoms with Crippen LogP contribution in [0.2, 0.25) is 0 Å². The summed E-state index contributed by atoms with van der Waals surface area (Å²) in [5, 5.41) is 8.37. The zero-order valence-corrected chi connectivity index (χ0v) is 8.32. The molecule has 5 nitrogen and oxygen atoms in total. The Balaban J connectivity index is 2.35. The van der Waals surface area contributed by atoms with Gasteiger partial charge in [0.1, 0.15) is 0 Å². The highest BCUT2D eigenvalue weighted by Gasteiger charge is 2.08. The van der Waals surface area contributed by atoms with Crippen LogP contribution in [-0.4, -0.2) is 10.8 Å². The van der Waals surface area contributed by atoms with E-state index in [0.29, 0.717) is 16.7 Å². The zero-order valence-electron chi connectivity index (χ0n) is 8.32. The molecule has 2 aromatic rings. The van der Waals surface area contributed by atoms with Crippen LogP contribution in [0.3, 0.4) is 0 Å². The summed E-state index contributed by atoms with van der Waals surface area (Å²) in [4.78, 5) is 24.9. The lowest BCUT2D eigenvalue weighted by molar-refractivity contribution is 0.0984. The monoisotopic (exact) mass is 216 g/mol. The highest BCUT2D eigenvalue weighted by molar-refractivity contribution is 5.98. The Morgan fingerprint density at radius 1 is 1.50 bits per heavy atom. The summed E-state index contributed by atoms with van der Waals surface area (Å²) in [5.41, 5.74) is 1.36. The summed E-state index contributed by atoms with van der Waals surface area (Å²) in [6.45, 7) is 0. The van der Waals surface area contributed by atoms with Crippen LogP contribution in [0.4, 0.5) is 0 Å². The molecule has 1 aromatic carbocycles. The molecule has 0 amide bonds. The maximum atomic E-state index is 11.6. The molecule has 0 atom stereocenters. The summed E-state index contributed by atoms with van der Waals surface area (Å²) in [6.07, 6.45) is 0.366.